The molecule has 0 aliphatic carbocycles. The van der Waals surface area contributed by atoms with E-state index in [1.807, 2.05) is 19.1 Å². The monoisotopic (exact) mass is 311 g/mol. The average molecular weight is 312 g/mol. The third kappa shape index (κ3) is 3.71. The lowest BCUT2D eigenvalue weighted by molar-refractivity contribution is 0.170. The molecule has 0 radical (unpaired) electrons. The first kappa shape index (κ1) is 15.7. The summed E-state index contributed by atoms with van der Waals surface area (Å²) in [5, 5.41) is 0.522. The van der Waals surface area contributed by atoms with Gasteiger partial charge < -0.3 is 10.5 Å². The van der Waals surface area contributed by atoms with E-state index in [1.54, 1.807) is 12.1 Å². The van der Waals surface area contributed by atoms with E-state index in [9.17, 15) is 8.78 Å². The van der Waals surface area contributed by atoms with Crippen molar-refractivity contribution in [3.63, 3.8) is 0 Å². The third-order valence-corrected chi connectivity index (χ3v) is 3.57. The Morgan fingerprint density at radius 2 is 1.86 bits per heavy atom. The van der Waals surface area contributed by atoms with Crippen molar-refractivity contribution in [3.05, 3.63) is 64.7 Å². The molecule has 0 saturated carbocycles. The summed E-state index contributed by atoms with van der Waals surface area (Å²) in [6.07, 6.45) is 0.119. The van der Waals surface area contributed by atoms with Gasteiger partial charge in [-0.05, 0) is 24.6 Å². The molecule has 0 saturated heterocycles. The predicted octanol–water partition coefficient (Wildman–Crippen LogP) is 4.48. The first-order chi connectivity index (χ1) is 10.0. The summed E-state index contributed by atoms with van der Waals surface area (Å²) in [6.45, 7) is 1.92. The Morgan fingerprint density at radius 3 is 2.48 bits per heavy atom. The van der Waals surface area contributed by atoms with E-state index in [1.165, 1.54) is 6.07 Å². The van der Waals surface area contributed by atoms with Crippen LogP contribution in [0.4, 0.5) is 8.78 Å². The number of benzene rings is 2. The summed E-state index contributed by atoms with van der Waals surface area (Å²) in [5.41, 5.74) is 6.80. The summed E-state index contributed by atoms with van der Waals surface area (Å²) in [6, 6.07) is 10.2. The Bertz CT molecular complexity index is 621. The molecule has 112 valence electrons. The number of nitrogens with two attached hydrogens (primary N) is 1. The van der Waals surface area contributed by atoms with Crippen LogP contribution in [-0.4, -0.2) is 6.04 Å². The van der Waals surface area contributed by atoms with Crippen LogP contribution < -0.4 is 10.5 Å². The molecule has 5 heteroatoms. The molecule has 0 aromatic heterocycles. The van der Waals surface area contributed by atoms with E-state index in [0.29, 0.717) is 11.4 Å². The molecule has 0 aliphatic heterocycles. The van der Waals surface area contributed by atoms with Crippen LogP contribution >= 0.6 is 11.6 Å². The van der Waals surface area contributed by atoms with Gasteiger partial charge in [0.2, 0.25) is 0 Å². The van der Waals surface area contributed by atoms with Gasteiger partial charge in [-0.2, -0.15) is 0 Å². The lowest BCUT2D eigenvalue weighted by Gasteiger charge is -2.25. The van der Waals surface area contributed by atoms with Gasteiger partial charge in [0.1, 0.15) is 11.9 Å². The van der Waals surface area contributed by atoms with Crippen molar-refractivity contribution in [3.8, 4) is 5.75 Å². The SMILES string of the molecule is CCC(N)C(Oc1ccc(F)c(F)c1)c1ccccc1Cl. The van der Waals surface area contributed by atoms with Crippen molar-refractivity contribution in [2.45, 2.75) is 25.5 Å². The number of hydrogen-bond acceptors (Lipinski definition) is 2. The normalized spacial score (nSPS) is 13.8. The van der Waals surface area contributed by atoms with Crippen LogP contribution in [0.25, 0.3) is 0 Å². The maximum Gasteiger partial charge on any atom is 0.162 e. The molecule has 2 rings (SSSR count). The van der Waals surface area contributed by atoms with Crippen LogP contribution in [0.15, 0.2) is 42.5 Å². The Kier molecular flexibility index (Phi) is 5.15. The Balaban J connectivity index is 2.33. The fourth-order valence-corrected chi connectivity index (χ4v) is 2.24. The van der Waals surface area contributed by atoms with E-state index in [2.05, 4.69) is 0 Å². The Morgan fingerprint density at radius 1 is 1.14 bits per heavy atom. The van der Waals surface area contributed by atoms with E-state index < -0.39 is 17.7 Å². The van der Waals surface area contributed by atoms with Crippen molar-refractivity contribution in [1.82, 2.24) is 0 Å². The zero-order chi connectivity index (χ0) is 15.4. The molecule has 0 bridgehead atoms. The summed E-state index contributed by atoms with van der Waals surface area (Å²) in [4.78, 5) is 0. The zero-order valence-corrected chi connectivity index (χ0v) is 12.3. The van der Waals surface area contributed by atoms with Gasteiger partial charge in [0, 0.05) is 22.7 Å². The van der Waals surface area contributed by atoms with Crippen molar-refractivity contribution in [1.29, 1.82) is 0 Å². The number of halogens is 3. The van der Waals surface area contributed by atoms with Gasteiger partial charge in [-0.15, -0.1) is 0 Å². The molecule has 0 spiro atoms. The van der Waals surface area contributed by atoms with Gasteiger partial charge in [-0.1, -0.05) is 36.7 Å². The number of rotatable bonds is 5. The van der Waals surface area contributed by atoms with Crippen LogP contribution in [0.3, 0.4) is 0 Å². The predicted molar refractivity (Wildman–Crippen MR) is 79.4 cm³/mol. The zero-order valence-electron chi connectivity index (χ0n) is 11.5. The highest BCUT2D eigenvalue weighted by atomic mass is 35.5. The molecule has 2 N–H and O–H groups in total. The molecule has 0 fully saturated rings. The Labute approximate surface area is 127 Å². The highest BCUT2D eigenvalue weighted by Crippen LogP contribution is 2.30. The second-order valence-corrected chi connectivity index (χ2v) is 5.12. The van der Waals surface area contributed by atoms with Crippen molar-refractivity contribution in [2.75, 3.05) is 0 Å². The number of hydrogen-bond donors (Lipinski definition) is 1. The molecule has 2 aromatic rings. The summed E-state index contributed by atoms with van der Waals surface area (Å²) >= 11 is 6.17. The van der Waals surface area contributed by atoms with Crippen LogP contribution in [0.2, 0.25) is 5.02 Å². The largest absolute Gasteiger partial charge is 0.484 e. The maximum atomic E-state index is 13.3. The summed E-state index contributed by atoms with van der Waals surface area (Å²) < 4.78 is 32.0. The molecular weight excluding hydrogens is 296 g/mol. The second-order valence-electron chi connectivity index (χ2n) is 4.71. The van der Waals surface area contributed by atoms with Crippen molar-refractivity contribution < 1.29 is 13.5 Å². The van der Waals surface area contributed by atoms with Crippen LogP contribution in [-0.2, 0) is 0 Å². The maximum absolute atomic E-state index is 13.3. The smallest absolute Gasteiger partial charge is 0.162 e. The molecule has 2 unspecified atom stereocenters. The molecule has 2 atom stereocenters. The first-order valence-corrected chi connectivity index (χ1v) is 7.02. The minimum Gasteiger partial charge on any atom is -0.484 e. The molecule has 21 heavy (non-hydrogen) atoms. The minimum atomic E-state index is -0.963. The van der Waals surface area contributed by atoms with E-state index >= 15 is 0 Å². The lowest BCUT2D eigenvalue weighted by Crippen LogP contribution is -2.31. The first-order valence-electron chi connectivity index (χ1n) is 6.64. The van der Waals surface area contributed by atoms with Gasteiger partial charge in [-0.25, -0.2) is 8.78 Å². The molecule has 2 aromatic carbocycles. The topological polar surface area (TPSA) is 35.2 Å². The molecular formula is C16H16ClF2NO. The van der Waals surface area contributed by atoms with E-state index in [0.717, 1.165) is 17.7 Å². The third-order valence-electron chi connectivity index (χ3n) is 3.23. The Hall–Kier alpha value is -1.65. The molecule has 2 nitrogen and oxygen atoms in total. The van der Waals surface area contributed by atoms with Gasteiger partial charge in [-0.3, -0.25) is 0 Å². The minimum absolute atomic E-state index is 0.211. The van der Waals surface area contributed by atoms with E-state index in [-0.39, 0.29) is 11.8 Å². The van der Waals surface area contributed by atoms with Gasteiger partial charge >= 0.3 is 0 Å². The second kappa shape index (κ2) is 6.87. The van der Waals surface area contributed by atoms with Crippen molar-refractivity contribution >= 4 is 11.6 Å². The lowest BCUT2D eigenvalue weighted by atomic mass is 10.0. The number of ether oxygens (including phenoxy) is 1. The van der Waals surface area contributed by atoms with Gasteiger partial charge in [0.05, 0.1) is 0 Å². The fraction of sp³-hybridized carbons (Fsp3) is 0.250. The highest BCUT2D eigenvalue weighted by Gasteiger charge is 2.23. The molecule has 0 amide bonds. The standard InChI is InChI=1S/C16H16ClF2NO/c1-2-15(20)16(11-5-3-4-6-12(11)17)21-10-7-8-13(18)14(19)9-10/h3-9,15-16H,2,20H2,1H3. The van der Waals surface area contributed by atoms with Crippen LogP contribution in [0, 0.1) is 11.6 Å². The highest BCUT2D eigenvalue weighted by molar-refractivity contribution is 6.31. The summed E-state index contributed by atoms with van der Waals surface area (Å²) in [5.74, 6) is -1.67. The van der Waals surface area contributed by atoms with Gasteiger partial charge in [0.15, 0.2) is 11.6 Å². The van der Waals surface area contributed by atoms with Gasteiger partial charge in [0.25, 0.3) is 0 Å². The quantitative estimate of drug-likeness (QED) is 0.884. The summed E-state index contributed by atoms with van der Waals surface area (Å²) in [7, 11) is 0. The van der Waals surface area contributed by atoms with Crippen LogP contribution in [0.5, 0.6) is 5.75 Å². The average Bonchev–Trinajstić information content (AvgIpc) is 2.48. The van der Waals surface area contributed by atoms with Crippen molar-refractivity contribution in [2.24, 2.45) is 5.73 Å². The fourth-order valence-electron chi connectivity index (χ4n) is 2.00. The van der Waals surface area contributed by atoms with Crippen LogP contribution in [0.1, 0.15) is 25.0 Å². The molecule has 0 heterocycles. The molecule has 0 aliphatic rings. The van der Waals surface area contributed by atoms with E-state index in [4.69, 9.17) is 22.1 Å².